The number of aromatic carboxylic acids is 1. The molecule has 192 valence electrons. The summed E-state index contributed by atoms with van der Waals surface area (Å²) in [5, 5.41) is 17.1. The van der Waals surface area contributed by atoms with E-state index in [4.69, 9.17) is 21.4 Å². The molecule has 1 aliphatic rings. The Morgan fingerprint density at radius 3 is 2.67 bits per heavy atom. The van der Waals surface area contributed by atoms with Gasteiger partial charge in [0.15, 0.2) is 0 Å². The summed E-state index contributed by atoms with van der Waals surface area (Å²) in [6, 6.07) is 4.24. The third-order valence-corrected chi connectivity index (χ3v) is 5.86. The molecule has 0 radical (unpaired) electrons. The fourth-order valence-electron chi connectivity index (χ4n) is 3.72. The van der Waals surface area contributed by atoms with Crippen molar-refractivity contribution in [1.82, 2.24) is 20.5 Å². The largest absolute Gasteiger partial charge is 0.496 e. The summed E-state index contributed by atoms with van der Waals surface area (Å²) >= 11 is 6.09. The first kappa shape index (κ1) is 26.5. The zero-order chi connectivity index (χ0) is 26.4. The van der Waals surface area contributed by atoms with Gasteiger partial charge in [-0.05, 0) is 42.7 Å². The maximum Gasteiger partial charge on any atom is 0.352 e. The van der Waals surface area contributed by atoms with Crippen molar-refractivity contribution in [2.45, 2.75) is 25.8 Å². The lowest BCUT2D eigenvalue weighted by Crippen LogP contribution is -2.53. The number of ether oxygens (including phenoxy) is 1. The Balaban J connectivity index is 1.72. The number of methoxy groups -OCH3 is 1. The number of urea groups is 1. The van der Waals surface area contributed by atoms with Gasteiger partial charge in [-0.3, -0.25) is 19.3 Å². The third kappa shape index (κ3) is 6.33. The molecule has 12 nitrogen and oxygen atoms in total. The van der Waals surface area contributed by atoms with Gasteiger partial charge in [0, 0.05) is 17.8 Å². The van der Waals surface area contributed by atoms with E-state index in [1.54, 1.807) is 25.1 Å². The molecule has 0 saturated carbocycles. The maximum absolute atomic E-state index is 13.3. The number of carbonyl (C=O) groups is 5. The number of imide groups is 1. The highest BCUT2D eigenvalue weighted by Gasteiger charge is 2.35. The van der Waals surface area contributed by atoms with Crippen LogP contribution in [0.15, 0.2) is 30.5 Å². The summed E-state index contributed by atoms with van der Waals surface area (Å²) in [5.41, 5.74) is 0.717. The number of amides is 5. The fourth-order valence-corrected chi connectivity index (χ4v) is 3.92. The van der Waals surface area contributed by atoms with Gasteiger partial charge in [-0.2, -0.15) is 0 Å². The highest BCUT2D eigenvalue weighted by molar-refractivity contribution is 6.30. The SMILES string of the molecule is CC[C@@H](NC(=O)N1CC(=O)NCC(Cc2cc(Cl)ccc2OC)C1=O)C(=O)Nc1c[nH]c(C(=O)O)c1. The van der Waals surface area contributed by atoms with Gasteiger partial charge in [-0.1, -0.05) is 18.5 Å². The molecule has 1 unspecified atom stereocenters. The number of anilines is 1. The van der Waals surface area contributed by atoms with Gasteiger partial charge in [0.2, 0.25) is 17.7 Å². The van der Waals surface area contributed by atoms with Gasteiger partial charge < -0.3 is 30.8 Å². The van der Waals surface area contributed by atoms with Crippen molar-refractivity contribution >= 4 is 47.0 Å². The normalized spacial score (nSPS) is 16.5. The van der Waals surface area contributed by atoms with Crippen LogP contribution in [0.2, 0.25) is 5.02 Å². The molecule has 5 N–H and O–H groups in total. The summed E-state index contributed by atoms with van der Waals surface area (Å²) in [6.07, 6.45) is 1.63. The van der Waals surface area contributed by atoms with Crippen molar-refractivity contribution in [2.24, 2.45) is 5.92 Å². The van der Waals surface area contributed by atoms with E-state index >= 15 is 0 Å². The summed E-state index contributed by atoms with van der Waals surface area (Å²) in [7, 11) is 1.48. The minimum Gasteiger partial charge on any atom is -0.496 e. The number of hydrogen-bond donors (Lipinski definition) is 5. The standard InChI is InChI=1S/C23H26ClN5O7/c1-3-16(20(31)27-15-8-17(22(33)34)25-10-15)28-23(35)29-11-19(30)26-9-13(21(29)32)6-12-7-14(24)4-5-18(12)36-2/h4-5,7-8,10,13,16,25H,3,6,9,11H2,1-2H3,(H,26,30)(H,27,31)(H,28,35)(H,33,34)/t13?,16-/m1/s1. The number of rotatable bonds is 8. The molecule has 5 amide bonds. The Morgan fingerprint density at radius 2 is 2.03 bits per heavy atom. The second-order valence-corrected chi connectivity index (χ2v) is 8.53. The van der Waals surface area contributed by atoms with E-state index in [1.807, 2.05) is 0 Å². The molecule has 36 heavy (non-hydrogen) atoms. The number of nitrogens with one attached hydrogen (secondary N) is 4. The highest BCUT2D eigenvalue weighted by Crippen LogP contribution is 2.26. The first-order chi connectivity index (χ1) is 17.1. The number of carbonyl (C=O) groups excluding carboxylic acids is 4. The summed E-state index contributed by atoms with van der Waals surface area (Å²) < 4.78 is 5.33. The van der Waals surface area contributed by atoms with E-state index in [-0.39, 0.29) is 30.8 Å². The number of hydrogen-bond acceptors (Lipinski definition) is 6. The topological polar surface area (TPSA) is 170 Å². The van der Waals surface area contributed by atoms with Gasteiger partial charge >= 0.3 is 12.0 Å². The summed E-state index contributed by atoms with van der Waals surface area (Å²) in [6.45, 7) is 1.15. The minimum atomic E-state index is -1.20. The Hall–Kier alpha value is -4.06. The Morgan fingerprint density at radius 1 is 1.28 bits per heavy atom. The minimum absolute atomic E-state index is 0.00814. The number of aromatic amines is 1. The van der Waals surface area contributed by atoms with Crippen molar-refractivity contribution in [1.29, 1.82) is 0 Å². The number of carboxylic acids is 1. The number of H-pyrrole nitrogens is 1. The van der Waals surface area contributed by atoms with Crippen molar-refractivity contribution in [3.8, 4) is 5.75 Å². The molecule has 13 heteroatoms. The van der Waals surface area contributed by atoms with Crippen LogP contribution >= 0.6 is 11.6 Å². The zero-order valence-electron chi connectivity index (χ0n) is 19.6. The molecule has 1 aromatic carbocycles. The molecule has 2 atom stereocenters. The van der Waals surface area contributed by atoms with E-state index in [0.29, 0.717) is 16.3 Å². The lowest BCUT2D eigenvalue weighted by Gasteiger charge is -2.25. The molecule has 1 aliphatic heterocycles. The van der Waals surface area contributed by atoms with Crippen LogP contribution in [0.1, 0.15) is 29.4 Å². The fraction of sp³-hybridized carbons (Fsp3) is 0.348. The van der Waals surface area contributed by atoms with Crippen LogP contribution in [0.25, 0.3) is 0 Å². The highest BCUT2D eigenvalue weighted by atomic mass is 35.5. The number of halogens is 1. The maximum atomic E-state index is 13.3. The molecule has 1 saturated heterocycles. The van der Waals surface area contributed by atoms with Crippen molar-refractivity contribution < 1.29 is 33.8 Å². The molecule has 0 spiro atoms. The van der Waals surface area contributed by atoms with Crippen molar-refractivity contribution in [3.05, 3.63) is 46.7 Å². The van der Waals surface area contributed by atoms with E-state index in [1.165, 1.54) is 19.4 Å². The molecule has 0 bridgehead atoms. The number of benzene rings is 1. The third-order valence-electron chi connectivity index (χ3n) is 5.62. The zero-order valence-corrected chi connectivity index (χ0v) is 20.3. The van der Waals surface area contributed by atoms with E-state index in [9.17, 15) is 24.0 Å². The van der Waals surface area contributed by atoms with Crippen LogP contribution in [0.5, 0.6) is 5.75 Å². The number of nitrogens with zero attached hydrogens (tertiary/aromatic N) is 1. The molecule has 1 fully saturated rings. The monoisotopic (exact) mass is 519 g/mol. The molecule has 1 aromatic heterocycles. The lowest BCUT2D eigenvalue weighted by atomic mass is 9.97. The van der Waals surface area contributed by atoms with Gasteiger partial charge in [0.1, 0.15) is 24.0 Å². The Kier molecular flexibility index (Phi) is 8.54. The number of carboxylic acid groups (broad SMARTS) is 1. The van der Waals surface area contributed by atoms with Crippen LogP contribution in [0.4, 0.5) is 10.5 Å². The molecule has 0 aliphatic carbocycles. The van der Waals surface area contributed by atoms with E-state index in [2.05, 4.69) is 20.9 Å². The summed E-state index contributed by atoms with van der Waals surface area (Å²) in [4.78, 5) is 65.5. The van der Waals surface area contributed by atoms with Crippen LogP contribution in [0, 0.1) is 5.92 Å². The average Bonchev–Trinajstić information content (AvgIpc) is 3.26. The van der Waals surface area contributed by atoms with E-state index in [0.717, 1.165) is 4.90 Å². The van der Waals surface area contributed by atoms with Crippen LogP contribution < -0.4 is 20.7 Å². The second-order valence-electron chi connectivity index (χ2n) is 8.09. The van der Waals surface area contributed by atoms with Gasteiger partial charge in [0.25, 0.3) is 0 Å². The quantitative estimate of drug-likeness (QED) is 0.352. The number of aromatic nitrogens is 1. The Bertz CT molecular complexity index is 1180. The molecular formula is C23H26ClN5O7. The van der Waals surface area contributed by atoms with Crippen molar-refractivity contribution in [3.63, 3.8) is 0 Å². The molecule has 3 rings (SSSR count). The first-order valence-electron chi connectivity index (χ1n) is 11.1. The smallest absolute Gasteiger partial charge is 0.352 e. The van der Waals surface area contributed by atoms with Crippen molar-refractivity contribution in [2.75, 3.05) is 25.5 Å². The van der Waals surface area contributed by atoms with Crippen LogP contribution in [-0.2, 0) is 20.8 Å². The first-order valence-corrected chi connectivity index (χ1v) is 11.4. The second kappa shape index (κ2) is 11.6. The van der Waals surface area contributed by atoms with Crippen LogP contribution in [0.3, 0.4) is 0 Å². The predicted octanol–water partition coefficient (Wildman–Crippen LogP) is 1.62. The molecule has 2 heterocycles. The predicted molar refractivity (Wildman–Crippen MR) is 129 cm³/mol. The van der Waals surface area contributed by atoms with Gasteiger partial charge in [0.05, 0.1) is 18.7 Å². The summed E-state index contributed by atoms with van der Waals surface area (Å²) in [5.74, 6) is -3.20. The molecule has 2 aromatic rings. The van der Waals surface area contributed by atoms with Gasteiger partial charge in [-0.15, -0.1) is 0 Å². The Labute approximate surface area is 211 Å². The average molecular weight is 520 g/mol. The van der Waals surface area contributed by atoms with Crippen LogP contribution in [-0.4, -0.2) is 71.0 Å². The van der Waals surface area contributed by atoms with E-state index < -0.39 is 48.2 Å². The van der Waals surface area contributed by atoms with Gasteiger partial charge in [-0.25, -0.2) is 9.59 Å². The molecular weight excluding hydrogens is 494 g/mol. The lowest BCUT2D eigenvalue weighted by molar-refractivity contribution is -0.133.